The molecule has 3 rings (SSSR count). The highest BCUT2D eigenvalue weighted by molar-refractivity contribution is 8.93. The first-order chi connectivity index (χ1) is 12.8. The zero-order chi connectivity index (χ0) is 18.2. The molecule has 1 fully saturated rings. The molecule has 1 aliphatic rings. The molecule has 0 saturated carbocycles. The van der Waals surface area contributed by atoms with Crippen molar-refractivity contribution in [1.82, 2.24) is 4.90 Å². The Hall–Kier alpha value is -1.52. The Morgan fingerprint density at radius 1 is 0.889 bits per heavy atom. The van der Waals surface area contributed by atoms with Crippen molar-refractivity contribution >= 4 is 17.0 Å². The van der Waals surface area contributed by atoms with Crippen molar-refractivity contribution in [2.24, 2.45) is 0 Å². The van der Waals surface area contributed by atoms with Gasteiger partial charge in [-0.1, -0.05) is 42.8 Å². The highest BCUT2D eigenvalue weighted by Gasteiger charge is 2.22. The Morgan fingerprint density at radius 3 is 2.41 bits per heavy atom. The second-order valence-electron chi connectivity index (χ2n) is 7.15. The van der Waals surface area contributed by atoms with E-state index >= 15 is 0 Å². The lowest BCUT2D eigenvalue weighted by molar-refractivity contribution is 0.142. The number of likely N-dealkylation sites (tertiary alicyclic amines) is 1. The van der Waals surface area contributed by atoms with Crippen molar-refractivity contribution < 1.29 is 9.47 Å². The standard InChI is InChI=1S/C23H31NO2.BrH/c1-25-22-14-12-20(18-23(22)26-2)11-13-21-10-6-7-16-24(21)17-15-19-8-4-3-5-9-19;/h3-5,8-9,12,14,18,21H,6-7,10-11,13,15-17H2,1-2H3;1H. The van der Waals surface area contributed by atoms with E-state index in [0.29, 0.717) is 6.04 Å². The molecule has 1 atom stereocenters. The summed E-state index contributed by atoms with van der Waals surface area (Å²) < 4.78 is 10.8. The summed E-state index contributed by atoms with van der Waals surface area (Å²) in [4.78, 5) is 2.71. The number of aryl methyl sites for hydroxylation is 1. The number of rotatable bonds is 8. The minimum absolute atomic E-state index is 0. The van der Waals surface area contributed by atoms with E-state index in [1.165, 1.54) is 49.9 Å². The lowest BCUT2D eigenvalue weighted by atomic mass is 9.95. The van der Waals surface area contributed by atoms with Gasteiger partial charge in [-0.2, -0.15) is 0 Å². The Morgan fingerprint density at radius 2 is 1.67 bits per heavy atom. The Bertz CT molecular complexity index is 677. The van der Waals surface area contributed by atoms with Crippen LogP contribution in [0.25, 0.3) is 0 Å². The lowest BCUT2D eigenvalue weighted by Crippen LogP contribution is -2.41. The zero-order valence-corrected chi connectivity index (χ0v) is 18.2. The first-order valence-electron chi connectivity index (χ1n) is 9.79. The van der Waals surface area contributed by atoms with E-state index in [1.54, 1.807) is 14.2 Å². The molecule has 3 nitrogen and oxygen atoms in total. The van der Waals surface area contributed by atoms with Crippen molar-refractivity contribution in [2.45, 2.75) is 44.6 Å². The fourth-order valence-corrected chi connectivity index (χ4v) is 3.97. The lowest BCUT2D eigenvalue weighted by Gasteiger charge is -2.36. The third kappa shape index (κ3) is 6.25. The van der Waals surface area contributed by atoms with Gasteiger partial charge < -0.3 is 14.4 Å². The van der Waals surface area contributed by atoms with Crippen LogP contribution in [0, 0.1) is 0 Å². The average molecular weight is 434 g/mol. The van der Waals surface area contributed by atoms with Crippen molar-refractivity contribution in [1.29, 1.82) is 0 Å². The Labute approximate surface area is 174 Å². The maximum atomic E-state index is 5.44. The molecule has 1 unspecified atom stereocenters. The van der Waals surface area contributed by atoms with E-state index in [2.05, 4.69) is 47.4 Å². The van der Waals surface area contributed by atoms with Crippen LogP contribution in [0.4, 0.5) is 0 Å². The summed E-state index contributed by atoms with van der Waals surface area (Å²) in [5.74, 6) is 1.63. The third-order valence-corrected chi connectivity index (χ3v) is 5.49. The van der Waals surface area contributed by atoms with E-state index in [9.17, 15) is 0 Å². The molecule has 4 heteroatoms. The van der Waals surface area contributed by atoms with Crippen LogP contribution in [0.2, 0.25) is 0 Å². The number of benzene rings is 2. The fourth-order valence-electron chi connectivity index (χ4n) is 3.97. The van der Waals surface area contributed by atoms with Gasteiger partial charge in [0, 0.05) is 12.6 Å². The monoisotopic (exact) mass is 433 g/mol. The highest BCUT2D eigenvalue weighted by atomic mass is 79.9. The summed E-state index contributed by atoms with van der Waals surface area (Å²) >= 11 is 0. The van der Waals surface area contributed by atoms with Gasteiger partial charge in [-0.25, -0.2) is 0 Å². The first-order valence-corrected chi connectivity index (χ1v) is 9.79. The second-order valence-corrected chi connectivity index (χ2v) is 7.15. The summed E-state index contributed by atoms with van der Waals surface area (Å²) in [5.41, 5.74) is 2.77. The molecule has 1 aliphatic heterocycles. The molecular weight excluding hydrogens is 402 g/mol. The summed E-state index contributed by atoms with van der Waals surface area (Å²) in [7, 11) is 3.39. The van der Waals surface area contributed by atoms with Crippen molar-refractivity contribution in [3.8, 4) is 11.5 Å². The number of halogens is 1. The van der Waals surface area contributed by atoms with Crippen LogP contribution in [0.5, 0.6) is 11.5 Å². The van der Waals surface area contributed by atoms with Gasteiger partial charge in [0.25, 0.3) is 0 Å². The van der Waals surface area contributed by atoms with Crippen molar-refractivity contribution in [2.75, 3.05) is 27.3 Å². The molecule has 0 aromatic heterocycles. The molecule has 0 radical (unpaired) electrons. The summed E-state index contributed by atoms with van der Waals surface area (Å²) in [5, 5.41) is 0. The quantitative estimate of drug-likeness (QED) is 0.562. The van der Waals surface area contributed by atoms with E-state index < -0.39 is 0 Å². The van der Waals surface area contributed by atoms with E-state index in [0.717, 1.165) is 24.3 Å². The summed E-state index contributed by atoms with van der Waals surface area (Å²) in [6.07, 6.45) is 7.47. The molecule has 0 aliphatic carbocycles. The Balaban J connectivity index is 0.00000261. The first kappa shape index (κ1) is 21.8. The molecule has 1 heterocycles. The fraction of sp³-hybridized carbons (Fsp3) is 0.478. The number of hydrogen-bond acceptors (Lipinski definition) is 3. The minimum atomic E-state index is 0. The molecule has 1 saturated heterocycles. The van der Waals surface area contributed by atoms with Gasteiger partial charge in [-0.3, -0.25) is 0 Å². The van der Waals surface area contributed by atoms with Gasteiger partial charge in [-0.15, -0.1) is 17.0 Å². The molecule has 2 aromatic carbocycles. The smallest absolute Gasteiger partial charge is 0.160 e. The van der Waals surface area contributed by atoms with E-state index in [-0.39, 0.29) is 17.0 Å². The Kier molecular flexibility index (Phi) is 9.16. The SMILES string of the molecule is Br.COc1ccc(CCC2CCCCN2CCc2ccccc2)cc1OC. The van der Waals surface area contributed by atoms with E-state index in [4.69, 9.17) is 9.47 Å². The van der Waals surface area contributed by atoms with Gasteiger partial charge in [-0.05, 0) is 61.9 Å². The average Bonchev–Trinajstić information content (AvgIpc) is 2.71. The normalized spacial score (nSPS) is 17.2. The molecule has 27 heavy (non-hydrogen) atoms. The molecule has 2 aromatic rings. The molecule has 0 bridgehead atoms. The topological polar surface area (TPSA) is 21.7 Å². The number of ether oxygens (including phenoxy) is 2. The van der Waals surface area contributed by atoms with Crippen LogP contribution >= 0.6 is 17.0 Å². The number of nitrogens with zero attached hydrogens (tertiary/aromatic N) is 1. The van der Waals surface area contributed by atoms with Crippen molar-refractivity contribution in [3.63, 3.8) is 0 Å². The number of hydrogen-bond donors (Lipinski definition) is 0. The van der Waals surface area contributed by atoms with Crippen LogP contribution in [-0.2, 0) is 12.8 Å². The second kappa shape index (κ2) is 11.4. The molecule has 0 spiro atoms. The minimum Gasteiger partial charge on any atom is -0.493 e. The molecule has 0 amide bonds. The third-order valence-electron chi connectivity index (χ3n) is 5.49. The van der Waals surface area contributed by atoms with Gasteiger partial charge >= 0.3 is 0 Å². The van der Waals surface area contributed by atoms with Crippen LogP contribution in [0.15, 0.2) is 48.5 Å². The maximum Gasteiger partial charge on any atom is 0.160 e. The highest BCUT2D eigenvalue weighted by Crippen LogP contribution is 2.29. The van der Waals surface area contributed by atoms with Crippen molar-refractivity contribution in [3.05, 3.63) is 59.7 Å². The summed E-state index contributed by atoms with van der Waals surface area (Å²) in [6, 6.07) is 17.8. The van der Waals surface area contributed by atoms with Crippen LogP contribution in [0.1, 0.15) is 36.8 Å². The van der Waals surface area contributed by atoms with Gasteiger partial charge in [0.2, 0.25) is 0 Å². The van der Waals surface area contributed by atoms with Gasteiger partial charge in [0.1, 0.15) is 0 Å². The zero-order valence-electron chi connectivity index (χ0n) is 16.5. The molecule has 0 N–H and O–H groups in total. The molecule has 148 valence electrons. The largest absolute Gasteiger partial charge is 0.493 e. The maximum absolute atomic E-state index is 5.44. The summed E-state index contributed by atoms with van der Waals surface area (Å²) in [6.45, 7) is 2.41. The number of piperidine rings is 1. The van der Waals surface area contributed by atoms with Crippen LogP contribution in [0.3, 0.4) is 0 Å². The van der Waals surface area contributed by atoms with E-state index in [1.807, 2.05) is 6.07 Å². The van der Waals surface area contributed by atoms with Crippen LogP contribution in [-0.4, -0.2) is 38.3 Å². The molecular formula is C23H32BrNO2. The predicted molar refractivity (Wildman–Crippen MR) is 118 cm³/mol. The predicted octanol–water partition coefficient (Wildman–Crippen LogP) is 5.31. The number of methoxy groups -OCH3 is 2. The van der Waals surface area contributed by atoms with Gasteiger partial charge in [0.15, 0.2) is 11.5 Å². The van der Waals surface area contributed by atoms with Gasteiger partial charge in [0.05, 0.1) is 14.2 Å². The van der Waals surface area contributed by atoms with Crippen LogP contribution < -0.4 is 9.47 Å².